The number of methoxy groups -OCH3 is 1. The maximum atomic E-state index is 13.0. The van der Waals surface area contributed by atoms with Gasteiger partial charge in [0, 0.05) is 13.2 Å². The van der Waals surface area contributed by atoms with E-state index in [9.17, 15) is 18.0 Å². The van der Waals surface area contributed by atoms with Crippen LogP contribution in [0.25, 0.3) is 0 Å². The third kappa shape index (κ3) is 5.90. The molecule has 0 spiro atoms. The Kier molecular flexibility index (Phi) is 7.55. The Hall–Kier alpha value is -2.20. The van der Waals surface area contributed by atoms with Crippen LogP contribution in [0.5, 0.6) is 0 Å². The largest absolute Gasteiger partial charge is 0.416 e. The fourth-order valence-electron chi connectivity index (χ4n) is 3.41. The molecular weight excluding hydrogens is 357 g/mol. The van der Waals surface area contributed by atoms with Crippen LogP contribution in [-0.4, -0.2) is 37.2 Å². The van der Waals surface area contributed by atoms with Crippen molar-refractivity contribution in [3.05, 3.63) is 35.4 Å². The molecule has 1 saturated carbocycles. The number of rotatable bonds is 6. The van der Waals surface area contributed by atoms with Gasteiger partial charge in [0.25, 0.3) is 0 Å². The molecule has 0 radical (unpaired) electrons. The lowest BCUT2D eigenvalue weighted by atomic mass is 9.94. The molecule has 4 nitrogen and oxygen atoms in total. The highest BCUT2D eigenvalue weighted by molar-refractivity contribution is 5.75. The van der Waals surface area contributed by atoms with E-state index in [0.717, 1.165) is 44.2 Å². The molecule has 1 aliphatic carbocycles. The van der Waals surface area contributed by atoms with E-state index in [2.05, 4.69) is 11.2 Å². The molecule has 2 rings (SSSR count). The first-order valence-corrected chi connectivity index (χ1v) is 9.03. The van der Waals surface area contributed by atoms with E-state index in [1.54, 1.807) is 11.0 Å². The molecule has 0 saturated heterocycles. The lowest BCUT2D eigenvalue weighted by Crippen LogP contribution is -2.48. The number of amides is 2. The molecule has 0 bridgehead atoms. The summed E-state index contributed by atoms with van der Waals surface area (Å²) in [5.41, 5.74) is -0.424. The number of carbonyl (C=O) groups is 1. The second kappa shape index (κ2) is 9.65. The maximum absolute atomic E-state index is 13.0. The summed E-state index contributed by atoms with van der Waals surface area (Å²) in [6.45, 7) is 0.223. The fraction of sp³-hybridized carbons (Fsp3) is 0.550. The lowest BCUT2D eigenvalue weighted by molar-refractivity contribution is -0.137. The van der Waals surface area contributed by atoms with Gasteiger partial charge in [0.2, 0.25) is 0 Å². The number of carbonyl (C=O) groups excluding carboxylic acids is 1. The van der Waals surface area contributed by atoms with E-state index in [1.807, 2.05) is 0 Å². The quantitative estimate of drug-likeness (QED) is 0.743. The van der Waals surface area contributed by atoms with Crippen LogP contribution in [0.2, 0.25) is 0 Å². The van der Waals surface area contributed by atoms with E-state index in [0.29, 0.717) is 5.56 Å². The second-order valence-corrected chi connectivity index (χ2v) is 6.70. The molecule has 1 aromatic rings. The molecular formula is C20H25F3N2O2. The number of urea groups is 1. The van der Waals surface area contributed by atoms with Gasteiger partial charge in [0.1, 0.15) is 0 Å². The van der Waals surface area contributed by atoms with Gasteiger partial charge in [-0.2, -0.15) is 13.2 Å². The molecule has 0 aromatic heterocycles. The summed E-state index contributed by atoms with van der Waals surface area (Å²) < 4.78 is 44.1. The number of terminal acetylenes is 1. The first-order chi connectivity index (χ1) is 12.9. The monoisotopic (exact) mass is 382 g/mol. The van der Waals surface area contributed by atoms with Crippen molar-refractivity contribution in [3.63, 3.8) is 0 Å². The molecule has 1 N–H and O–H groups in total. The highest BCUT2D eigenvalue weighted by Gasteiger charge is 2.32. The maximum Gasteiger partial charge on any atom is 0.416 e. The van der Waals surface area contributed by atoms with Crippen molar-refractivity contribution in [2.75, 3.05) is 20.3 Å². The summed E-state index contributed by atoms with van der Waals surface area (Å²) in [5, 5.41) is 2.79. The molecule has 1 atom stereocenters. The third-order valence-electron chi connectivity index (χ3n) is 4.79. The molecule has 2 amide bonds. The van der Waals surface area contributed by atoms with Crippen LogP contribution in [0.4, 0.5) is 18.0 Å². The second-order valence-electron chi connectivity index (χ2n) is 6.70. The molecule has 1 aromatic carbocycles. The van der Waals surface area contributed by atoms with E-state index >= 15 is 0 Å². The number of nitrogens with one attached hydrogen (secondary N) is 1. The zero-order valence-corrected chi connectivity index (χ0v) is 15.4. The van der Waals surface area contributed by atoms with Crippen LogP contribution in [0, 0.1) is 12.3 Å². The van der Waals surface area contributed by atoms with Crippen LogP contribution >= 0.6 is 0 Å². The molecule has 1 unspecified atom stereocenters. The molecule has 1 aliphatic rings. The van der Waals surface area contributed by atoms with Gasteiger partial charge >= 0.3 is 12.2 Å². The number of benzene rings is 1. The van der Waals surface area contributed by atoms with Crippen molar-refractivity contribution < 1.29 is 22.7 Å². The summed E-state index contributed by atoms with van der Waals surface area (Å²) in [6.07, 6.45) is 5.95. The van der Waals surface area contributed by atoms with Crippen molar-refractivity contribution in [2.45, 2.75) is 50.4 Å². The van der Waals surface area contributed by atoms with E-state index < -0.39 is 17.8 Å². The zero-order chi connectivity index (χ0) is 19.9. The van der Waals surface area contributed by atoms with Gasteiger partial charge in [-0.1, -0.05) is 37.3 Å². The molecule has 0 heterocycles. The highest BCUT2D eigenvalue weighted by Crippen LogP contribution is 2.31. The van der Waals surface area contributed by atoms with Gasteiger partial charge in [0.15, 0.2) is 0 Å². The lowest BCUT2D eigenvalue weighted by Gasteiger charge is -2.34. The van der Waals surface area contributed by atoms with Crippen LogP contribution in [0.1, 0.15) is 49.3 Å². The average Bonchev–Trinajstić information content (AvgIpc) is 2.66. The molecule has 27 heavy (non-hydrogen) atoms. The van der Waals surface area contributed by atoms with Gasteiger partial charge in [-0.25, -0.2) is 4.79 Å². The summed E-state index contributed by atoms with van der Waals surface area (Å²) in [7, 11) is 1.44. The SMILES string of the molecule is C#CCN(C(=O)NC(COC)c1cccc(C(F)(F)F)c1)C1CCCCC1. The Balaban J connectivity index is 2.18. The van der Waals surface area contributed by atoms with Crippen molar-refractivity contribution in [1.29, 1.82) is 0 Å². The number of hydrogen-bond donors (Lipinski definition) is 1. The number of nitrogens with zero attached hydrogens (tertiary/aromatic N) is 1. The molecule has 0 aliphatic heterocycles. The predicted molar refractivity (Wildman–Crippen MR) is 97.0 cm³/mol. The molecule has 148 valence electrons. The van der Waals surface area contributed by atoms with Crippen LogP contribution in [-0.2, 0) is 10.9 Å². The summed E-state index contributed by atoms with van der Waals surface area (Å²) in [4.78, 5) is 14.4. The van der Waals surface area contributed by atoms with E-state index in [1.165, 1.54) is 13.2 Å². The minimum absolute atomic E-state index is 0.0551. The van der Waals surface area contributed by atoms with Crippen molar-refractivity contribution in [1.82, 2.24) is 10.2 Å². The van der Waals surface area contributed by atoms with Crippen LogP contribution in [0.3, 0.4) is 0 Å². The van der Waals surface area contributed by atoms with Crippen molar-refractivity contribution >= 4 is 6.03 Å². The topological polar surface area (TPSA) is 41.6 Å². The molecule has 7 heteroatoms. The first kappa shape index (κ1) is 21.1. The Bertz CT molecular complexity index is 664. The van der Waals surface area contributed by atoms with Crippen molar-refractivity contribution in [2.24, 2.45) is 0 Å². The van der Waals surface area contributed by atoms with Gasteiger partial charge < -0.3 is 15.0 Å². The van der Waals surface area contributed by atoms with Gasteiger partial charge in [-0.3, -0.25) is 0 Å². The van der Waals surface area contributed by atoms with Gasteiger partial charge in [0.05, 0.1) is 24.8 Å². The normalized spacial score (nSPS) is 16.4. The predicted octanol–water partition coefficient (Wildman–Crippen LogP) is 4.37. The van der Waals surface area contributed by atoms with Crippen LogP contribution in [0.15, 0.2) is 24.3 Å². The van der Waals surface area contributed by atoms with E-state index in [4.69, 9.17) is 11.2 Å². The number of ether oxygens (including phenoxy) is 1. The van der Waals surface area contributed by atoms with Crippen LogP contribution < -0.4 is 5.32 Å². The average molecular weight is 382 g/mol. The van der Waals surface area contributed by atoms with E-state index in [-0.39, 0.29) is 25.2 Å². The fourth-order valence-corrected chi connectivity index (χ4v) is 3.41. The summed E-state index contributed by atoms with van der Waals surface area (Å²) in [5.74, 6) is 2.51. The standard InChI is InChI=1S/C20H25F3N2O2/c1-3-12-25(17-10-5-4-6-11-17)19(26)24-18(14-27-2)15-8-7-9-16(13-15)20(21,22)23/h1,7-9,13,17-18H,4-6,10-12,14H2,2H3,(H,24,26). The first-order valence-electron chi connectivity index (χ1n) is 9.03. The Labute approximate surface area is 158 Å². The number of halogens is 3. The third-order valence-corrected chi connectivity index (χ3v) is 4.79. The summed E-state index contributed by atoms with van der Waals surface area (Å²) in [6, 6.07) is 3.89. The number of alkyl halides is 3. The summed E-state index contributed by atoms with van der Waals surface area (Å²) >= 11 is 0. The minimum Gasteiger partial charge on any atom is -0.382 e. The zero-order valence-electron chi connectivity index (χ0n) is 15.4. The Morgan fingerprint density at radius 3 is 2.67 bits per heavy atom. The minimum atomic E-state index is -4.45. The molecule has 1 fully saturated rings. The van der Waals surface area contributed by atoms with Crippen molar-refractivity contribution in [3.8, 4) is 12.3 Å². The van der Waals surface area contributed by atoms with Gasteiger partial charge in [-0.15, -0.1) is 6.42 Å². The Morgan fingerprint density at radius 2 is 2.07 bits per heavy atom. The Morgan fingerprint density at radius 1 is 1.37 bits per heavy atom. The highest BCUT2D eigenvalue weighted by atomic mass is 19.4. The van der Waals surface area contributed by atoms with Gasteiger partial charge in [-0.05, 0) is 30.5 Å². The number of hydrogen-bond acceptors (Lipinski definition) is 2. The smallest absolute Gasteiger partial charge is 0.382 e.